The third-order valence-corrected chi connectivity index (χ3v) is 7.75. The van der Waals surface area contributed by atoms with E-state index in [1.807, 2.05) is 0 Å². The highest BCUT2D eigenvalue weighted by Crippen LogP contribution is 2.31. The van der Waals surface area contributed by atoms with Crippen molar-refractivity contribution in [2.45, 2.75) is 44.0 Å². The lowest BCUT2D eigenvalue weighted by molar-refractivity contribution is 0.0306. The van der Waals surface area contributed by atoms with Crippen LogP contribution in [0.15, 0.2) is 0 Å². The summed E-state index contributed by atoms with van der Waals surface area (Å²) in [6.07, 6.45) is 2.87. The Morgan fingerprint density at radius 2 is 2.11 bits per heavy atom. The molecule has 3 aliphatic rings. The first-order valence-electron chi connectivity index (χ1n) is 7.91. The van der Waals surface area contributed by atoms with Crippen LogP contribution in [0.5, 0.6) is 0 Å². The normalized spacial score (nSPS) is 37.7. The predicted octanol–water partition coefficient (Wildman–Crippen LogP) is 2.64. The minimum atomic E-state index is 0.793. The molecule has 3 heterocycles. The zero-order valence-corrected chi connectivity index (χ0v) is 14.0. The molecule has 0 saturated carbocycles. The van der Waals surface area contributed by atoms with Crippen molar-refractivity contribution in [1.29, 1.82) is 0 Å². The first kappa shape index (κ1) is 14.6. The van der Waals surface area contributed by atoms with E-state index >= 15 is 0 Å². The number of thioether (sulfide) groups is 2. The third-order valence-electron chi connectivity index (χ3n) is 4.93. The van der Waals surface area contributed by atoms with Crippen LogP contribution in [-0.2, 0) is 0 Å². The van der Waals surface area contributed by atoms with Crippen LogP contribution in [0.1, 0.15) is 26.7 Å². The molecule has 4 heteroatoms. The SMILES string of the molecule is CC(C)C1CN2CCCC2CN1CC1CSCCS1. The maximum atomic E-state index is 2.85. The predicted molar refractivity (Wildman–Crippen MR) is 88.4 cm³/mol. The number of rotatable bonds is 3. The van der Waals surface area contributed by atoms with Crippen LogP contribution in [-0.4, -0.2) is 70.6 Å². The smallest absolute Gasteiger partial charge is 0.0265 e. The molecule has 3 fully saturated rings. The van der Waals surface area contributed by atoms with E-state index in [1.54, 1.807) is 0 Å². The van der Waals surface area contributed by atoms with Gasteiger partial charge in [0.1, 0.15) is 0 Å². The molecular weight excluding hydrogens is 272 g/mol. The summed E-state index contributed by atoms with van der Waals surface area (Å²) in [4.78, 5) is 5.62. The number of piperazine rings is 1. The molecule has 0 radical (unpaired) electrons. The Morgan fingerprint density at radius 3 is 2.84 bits per heavy atom. The van der Waals surface area contributed by atoms with Gasteiger partial charge in [-0.1, -0.05) is 13.8 Å². The molecule has 2 nitrogen and oxygen atoms in total. The summed E-state index contributed by atoms with van der Waals surface area (Å²) in [6.45, 7) is 10.2. The fraction of sp³-hybridized carbons (Fsp3) is 1.00. The minimum Gasteiger partial charge on any atom is -0.298 e. The molecule has 0 spiro atoms. The van der Waals surface area contributed by atoms with Gasteiger partial charge in [0, 0.05) is 54.2 Å². The van der Waals surface area contributed by atoms with E-state index in [-0.39, 0.29) is 0 Å². The van der Waals surface area contributed by atoms with E-state index in [4.69, 9.17) is 0 Å². The van der Waals surface area contributed by atoms with Gasteiger partial charge in [-0.15, -0.1) is 0 Å². The van der Waals surface area contributed by atoms with Crippen molar-refractivity contribution in [3.8, 4) is 0 Å². The van der Waals surface area contributed by atoms with Gasteiger partial charge in [-0.3, -0.25) is 9.80 Å². The van der Waals surface area contributed by atoms with E-state index in [0.29, 0.717) is 0 Å². The topological polar surface area (TPSA) is 6.48 Å². The maximum Gasteiger partial charge on any atom is 0.0265 e. The van der Waals surface area contributed by atoms with Gasteiger partial charge < -0.3 is 0 Å². The van der Waals surface area contributed by atoms with E-state index in [1.165, 1.54) is 56.3 Å². The van der Waals surface area contributed by atoms with Gasteiger partial charge >= 0.3 is 0 Å². The molecular formula is C15H28N2S2. The van der Waals surface area contributed by atoms with Crippen molar-refractivity contribution in [2.75, 3.05) is 43.4 Å². The van der Waals surface area contributed by atoms with Crippen LogP contribution in [0.2, 0.25) is 0 Å². The highest BCUT2D eigenvalue weighted by atomic mass is 32.2. The second-order valence-electron chi connectivity index (χ2n) is 6.62. The van der Waals surface area contributed by atoms with E-state index in [2.05, 4.69) is 47.2 Å². The molecule has 3 aliphatic heterocycles. The van der Waals surface area contributed by atoms with E-state index in [9.17, 15) is 0 Å². The number of nitrogens with zero attached hydrogens (tertiary/aromatic N) is 2. The zero-order valence-electron chi connectivity index (χ0n) is 12.4. The third kappa shape index (κ3) is 3.45. The molecule has 0 N–H and O–H groups in total. The monoisotopic (exact) mass is 300 g/mol. The van der Waals surface area contributed by atoms with Gasteiger partial charge in [0.15, 0.2) is 0 Å². The van der Waals surface area contributed by atoms with Gasteiger partial charge in [0.05, 0.1) is 0 Å². The standard InChI is InChI=1S/C15H28N2S2/c1-12(2)15-10-16-5-3-4-13(16)8-17(15)9-14-11-18-6-7-19-14/h12-15H,3-11H2,1-2H3. The molecule has 19 heavy (non-hydrogen) atoms. The molecule has 3 atom stereocenters. The van der Waals surface area contributed by atoms with Gasteiger partial charge in [0.2, 0.25) is 0 Å². The molecule has 0 aromatic rings. The molecule has 110 valence electrons. The van der Waals surface area contributed by atoms with Gasteiger partial charge in [-0.25, -0.2) is 0 Å². The molecule has 0 aliphatic carbocycles. The maximum absolute atomic E-state index is 2.85. The molecule has 3 unspecified atom stereocenters. The first-order chi connectivity index (χ1) is 9.24. The second kappa shape index (κ2) is 6.59. The molecule has 0 bridgehead atoms. The Kier molecular flexibility index (Phi) is 5.05. The summed E-state index contributed by atoms with van der Waals surface area (Å²) in [5.41, 5.74) is 0. The van der Waals surface area contributed by atoms with E-state index < -0.39 is 0 Å². The fourth-order valence-electron chi connectivity index (χ4n) is 3.85. The average Bonchev–Trinajstić information content (AvgIpc) is 2.86. The highest BCUT2D eigenvalue weighted by molar-refractivity contribution is 8.06. The fourth-order valence-corrected chi connectivity index (χ4v) is 6.55. The van der Waals surface area contributed by atoms with Crippen LogP contribution in [0.3, 0.4) is 0 Å². The van der Waals surface area contributed by atoms with Crippen molar-refractivity contribution < 1.29 is 0 Å². The van der Waals surface area contributed by atoms with Gasteiger partial charge in [0.25, 0.3) is 0 Å². The summed E-state index contributed by atoms with van der Waals surface area (Å²) in [6, 6.07) is 1.66. The summed E-state index contributed by atoms with van der Waals surface area (Å²) >= 11 is 4.38. The Morgan fingerprint density at radius 1 is 1.21 bits per heavy atom. The quantitative estimate of drug-likeness (QED) is 0.790. The summed E-state index contributed by atoms with van der Waals surface area (Å²) in [5, 5.41) is 0.882. The minimum absolute atomic E-state index is 0.793. The van der Waals surface area contributed by atoms with Crippen molar-refractivity contribution in [3.05, 3.63) is 0 Å². The summed E-state index contributed by atoms with van der Waals surface area (Å²) in [5.74, 6) is 4.90. The summed E-state index contributed by atoms with van der Waals surface area (Å²) in [7, 11) is 0. The lowest BCUT2D eigenvalue weighted by Gasteiger charge is -2.46. The van der Waals surface area contributed by atoms with E-state index in [0.717, 1.165) is 23.3 Å². The Balaban J connectivity index is 1.62. The number of hydrogen-bond donors (Lipinski definition) is 0. The average molecular weight is 301 g/mol. The lowest BCUT2D eigenvalue weighted by Crippen LogP contribution is -2.59. The molecule has 3 rings (SSSR count). The van der Waals surface area contributed by atoms with Crippen molar-refractivity contribution in [2.24, 2.45) is 5.92 Å². The summed E-state index contributed by atoms with van der Waals surface area (Å²) < 4.78 is 0. The molecule has 0 aromatic heterocycles. The van der Waals surface area contributed by atoms with Crippen LogP contribution in [0, 0.1) is 5.92 Å². The largest absolute Gasteiger partial charge is 0.298 e. The Labute approximate surface area is 127 Å². The Bertz CT molecular complexity index is 292. The molecule has 0 aromatic carbocycles. The van der Waals surface area contributed by atoms with Gasteiger partial charge in [-0.05, 0) is 25.3 Å². The van der Waals surface area contributed by atoms with Gasteiger partial charge in [-0.2, -0.15) is 23.5 Å². The van der Waals surface area contributed by atoms with Crippen LogP contribution >= 0.6 is 23.5 Å². The number of hydrogen-bond acceptors (Lipinski definition) is 4. The van der Waals surface area contributed by atoms with Crippen molar-refractivity contribution in [1.82, 2.24) is 9.80 Å². The van der Waals surface area contributed by atoms with Crippen LogP contribution in [0.4, 0.5) is 0 Å². The van der Waals surface area contributed by atoms with Crippen molar-refractivity contribution >= 4 is 23.5 Å². The van der Waals surface area contributed by atoms with Crippen molar-refractivity contribution in [3.63, 3.8) is 0 Å². The first-order valence-corrected chi connectivity index (χ1v) is 10.1. The zero-order chi connectivity index (χ0) is 13.2. The Hall–Kier alpha value is 0.620. The van der Waals surface area contributed by atoms with Crippen LogP contribution in [0.25, 0.3) is 0 Å². The molecule has 3 saturated heterocycles. The number of fused-ring (bicyclic) bond motifs is 1. The van der Waals surface area contributed by atoms with Crippen LogP contribution < -0.4 is 0 Å². The highest BCUT2D eigenvalue weighted by Gasteiger charge is 2.38. The molecule has 0 amide bonds. The second-order valence-corrected chi connectivity index (χ2v) is 9.18. The lowest BCUT2D eigenvalue weighted by atomic mass is 9.97.